The summed E-state index contributed by atoms with van der Waals surface area (Å²) in [4.78, 5) is 6.84. The lowest BCUT2D eigenvalue weighted by Gasteiger charge is -2.25. The molecule has 114 valence electrons. The van der Waals surface area contributed by atoms with Crippen LogP contribution in [-0.2, 0) is 4.74 Å². The highest BCUT2D eigenvalue weighted by Crippen LogP contribution is 2.16. The third-order valence-electron chi connectivity index (χ3n) is 4.16. The molecule has 1 saturated heterocycles. The second kappa shape index (κ2) is 8.27. The van der Waals surface area contributed by atoms with Gasteiger partial charge in [-0.3, -0.25) is 9.89 Å². The Morgan fingerprint density at radius 2 is 2.20 bits per heavy atom. The minimum atomic E-state index is 0.509. The van der Waals surface area contributed by atoms with Gasteiger partial charge in [0.2, 0.25) is 0 Å². The van der Waals surface area contributed by atoms with E-state index in [2.05, 4.69) is 32.7 Å². The van der Waals surface area contributed by atoms with Crippen LogP contribution in [-0.4, -0.2) is 63.3 Å². The normalized spacial score (nSPS) is 24.5. The zero-order chi connectivity index (χ0) is 14.2. The molecule has 0 bridgehead atoms. The van der Waals surface area contributed by atoms with Crippen LogP contribution in [0.15, 0.2) is 17.1 Å². The molecule has 0 aromatic carbocycles. The number of hydrogen-bond donors (Lipinski definition) is 2. The fourth-order valence-electron chi connectivity index (χ4n) is 2.97. The van der Waals surface area contributed by atoms with E-state index >= 15 is 0 Å². The summed E-state index contributed by atoms with van der Waals surface area (Å²) in [5.41, 5.74) is 0. The molecule has 1 unspecified atom stereocenters. The first kappa shape index (κ1) is 15.3. The Labute approximate surface area is 122 Å². The van der Waals surface area contributed by atoms with Crippen molar-refractivity contribution in [1.82, 2.24) is 15.5 Å². The van der Waals surface area contributed by atoms with Gasteiger partial charge < -0.3 is 15.4 Å². The van der Waals surface area contributed by atoms with Gasteiger partial charge >= 0.3 is 0 Å². The maximum absolute atomic E-state index is 5.18. The van der Waals surface area contributed by atoms with Crippen molar-refractivity contribution in [1.29, 1.82) is 0 Å². The molecule has 1 heterocycles. The maximum Gasteiger partial charge on any atom is 0.191 e. The quantitative estimate of drug-likeness (QED) is 0.433. The van der Waals surface area contributed by atoms with E-state index in [1.807, 2.05) is 7.05 Å². The molecule has 0 aromatic heterocycles. The molecule has 1 aliphatic carbocycles. The zero-order valence-corrected chi connectivity index (χ0v) is 12.8. The third kappa shape index (κ3) is 4.49. The molecule has 0 radical (unpaired) electrons. The zero-order valence-electron chi connectivity index (χ0n) is 12.8. The van der Waals surface area contributed by atoms with Crippen molar-refractivity contribution in [3.05, 3.63) is 12.2 Å². The molecule has 5 heteroatoms. The first-order valence-corrected chi connectivity index (χ1v) is 7.68. The van der Waals surface area contributed by atoms with Crippen LogP contribution >= 0.6 is 0 Å². The Bertz CT molecular complexity index is 335. The average Bonchev–Trinajstić information content (AvgIpc) is 3.12. The third-order valence-corrected chi connectivity index (χ3v) is 4.16. The summed E-state index contributed by atoms with van der Waals surface area (Å²) in [7, 11) is 3.61. The van der Waals surface area contributed by atoms with Gasteiger partial charge in [0.1, 0.15) is 0 Å². The summed E-state index contributed by atoms with van der Waals surface area (Å²) in [6, 6.07) is 1.11. The summed E-state index contributed by atoms with van der Waals surface area (Å²) in [5, 5.41) is 6.95. The predicted molar refractivity (Wildman–Crippen MR) is 83.1 cm³/mol. The molecular weight excluding hydrogens is 252 g/mol. The second-order valence-corrected chi connectivity index (χ2v) is 5.56. The molecule has 0 amide bonds. The van der Waals surface area contributed by atoms with E-state index in [1.54, 1.807) is 7.11 Å². The van der Waals surface area contributed by atoms with E-state index < -0.39 is 0 Å². The number of nitrogens with one attached hydrogen (secondary N) is 2. The van der Waals surface area contributed by atoms with Crippen LogP contribution in [0, 0.1) is 0 Å². The SMILES string of the molecule is CN=C(NCC1CCCN1CCOC)NC1CC=CC1. The lowest BCUT2D eigenvalue weighted by molar-refractivity contribution is 0.141. The number of nitrogens with zero attached hydrogens (tertiary/aromatic N) is 2. The molecule has 5 nitrogen and oxygen atoms in total. The van der Waals surface area contributed by atoms with Crippen LogP contribution < -0.4 is 10.6 Å². The first-order valence-electron chi connectivity index (χ1n) is 7.68. The smallest absolute Gasteiger partial charge is 0.191 e. The van der Waals surface area contributed by atoms with Crippen LogP contribution in [0.5, 0.6) is 0 Å². The fraction of sp³-hybridized carbons (Fsp3) is 0.800. The van der Waals surface area contributed by atoms with E-state index in [4.69, 9.17) is 4.74 Å². The predicted octanol–water partition coefficient (Wildman–Crippen LogP) is 0.981. The number of aliphatic imine (C=N–C) groups is 1. The summed E-state index contributed by atoms with van der Waals surface area (Å²) in [6.07, 6.45) is 9.21. The average molecular weight is 280 g/mol. The summed E-state index contributed by atoms with van der Waals surface area (Å²) < 4.78 is 5.18. The van der Waals surface area contributed by atoms with Crippen LogP contribution in [0.25, 0.3) is 0 Å². The van der Waals surface area contributed by atoms with Crippen LogP contribution in [0.3, 0.4) is 0 Å². The van der Waals surface area contributed by atoms with E-state index in [9.17, 15) is 0 Å². The van der Waals surface area contributed by atoms with Gasteiger partial charge in [-0.1, -0.05) is 12.2 Å². The first-order chi connectivity index (χ1) is 9.83. The largest absolute Gasteiger partial charge is 0.383 e. The summed E-state index contributed by atoms with van der Waals surface area (Å²) in [5.74, 6) is 0.928. The number of rotatable bonds is 6. The number of likely N-dealkylation sites (tertiary alicyclic amines) is 1. The molecule has 2 aliphatic rings. The molecule has 0 saturated carbocycles. The maximum atomic E-state index is 5.18. The molecule has 1 fully saturated rings. The van der Waals surface area contributed by atoms with Crippen LogP contribution in [0.4, 0.5) is 0 Å². The highest BCUT2D eigenvalue weighted by atomic mass is 16.5. The van der Waals surface area contributed by atoms with Crippen molar-refractivity contribution in [2.45, 2.75) is 37.8 Å². The van der Waals surface area contributed by atoms with Crippen molar-refractivity contribution in [3.8, 4) is 0 Å². The molecule has 20 heavy (non-hydrogen) atoms. The van der Waals surface area contributed by atoms with Gasteiger partial charge in [0.15, 0.2) is 5.96 Å². The van der Waals surface area contributed by atoms with E-state index in [1.165, 1.54) is 19.4 Å². The molecule has 1 aliphatic heterocycles. The fourth-order valence-corrected chi connectivity index (χ4v) is 2.97. The lowest BCUT2D eigenvalue weighted by atomic mass is 10.2. The van der Waals surface area contributed by atoms with E-state index in [-0.39, 0.29) is 0 Å². The van der Waals surface area contributed by atoms with Gasteiger partial charge in [0.25, 0.3) is 0 Å². The van der Waals surface area contributed by atoms with Gasteiger partial charge in [-0.15, -0.1) is 0 Å². The van der Waals surface area contributed by atoms with Gasteiger partial charge in [-0.2, -0.15) is 0 Å². The van der Waals surface area contributed by atoms with E-state index in [0.717, 1.165) is 38.5 Å². The van der Waals surface area contributed by atoms with Crippen molar-refractivity contribution in [2.24, 2.45) is 4.99 Å². The number of methoxy groups -OCH3 is 1. The van der Waals surface area contributed by atoms with Crippen molar-refractivity contribution in [3.63, 3.8) is 0 Å². The molecule has 0 aromatic rings. The Balaban J connectivity index is 1.71. The highest BCUT2D eigenvalue weighted by Gasteiger charge is 2.24. The number of hydrogen-bond acceptors (Lipinski definition) is 3. The number of ether oxygens (including phenoxy) is 1. The van der Waals surface area contributed by atoms with Gasteiger partial charge in [0, 0.05) is 39.3 Å². The lowest BCUT2D eigenvalue weighted by Crippen LogP contribution is -2.47. The van der Waals surface area contributed by atoms with E-state index in [0.29, 0.717) is 12.1 Å². The Kier molecular flexibility index (Phi) is 6.33. The minimum absolute atomic E-state index is 0.509. The molecule has 2 rings (SSSR count). The van der Waals surface area contributed by atoms with Crippen LogP contribution in [0.1, 0.15) is 25.7 Å². The molecule has 0 spiro atoms. The Hall–Kier alpha value is -1.07. The monoisotopic (exact) mass is 280 g/mol. The summed E-state index contributed by atoms with van der Waals surface area (Å²) in [6.45, 7) is 4.00. The van der Waals surface area contributed by atoms with Crippen LogP contribution in [0.2, 0.25) is 0 Å². The van der Waals surface area contributed by atoms with Gasteiger partial charge in [0.05, 0.1) is 6.61 Å². The molecular formula is C15H28N4O. The van der Waals surface area contributed by atoms with Crippen molar-refractivity contribution >= 4 is 5.96 Å². The number of guanidine groups is 1. The van der Waals surface area contributed by atoms with Gasteiger partial charge in [-0.05, 0) is 32.2 Å². The van der Waals surface area contributed by atoms with Crippen molar-refractivity contribution in [2.75, 3.05) is 40.4 Å². The topological polar surface area (TPSA) is 48.9 Å². The highest BCUT2D eigenvalue weighted by molar-refractivity contribution is 5.80. The Morgan fingerprint density at radius 3 is 2.90 bits per heavy atom. The Morgan fingerprint density at radius 1 is 1.40 bits per heavy atom. The minimum Gasteiger partial charge on any atom is -0.383 e. The summed E-state index contributed by atoms with van der Waals surface area (Å²) >= 11 is 0. The second-order valence-electron chi connectivity index (χ2n) is 5.56. The standard InChI is InChI=1S/C15H28N4O/c1-16-15(18-13-6-3-4-7-13)17-12-14-8-5-9-19(14)10-11-20-2/h3-4,13-14H,5-12H2,1-2H3,(H2,16,17,18). The molecule has 2 N–H and O–H groups in total. The molecule has 1 atom stereocenters. The van der Waals surface area contributed by atoms with Crippen molar-refractivity contribution < 1.29 is 4.74 Å². The van der Waals surface area contributed by atoms with Gasteiger partial charge in [-0.25, -0.2) is 0 Å².